The first-order valence-electron chi connectivity index (χ1n) is 8.89. The number of carbonyl (C=O) groups is 1. The van der Waals surface area contributed by atoms with Crippen molar-refractivity contribution in [1.29, 1.82) is 0 Å². The number of nitrogens with zero attached hydrogens (tertiary/aromatic N) is 4. The first kappa shape index (κ1) is 18.6. The number of amides is 1. The van der Waals surface area contributed by atoms with E-state index in [1.165, 1.54) is 16.8 Å². The summed E-state index contributed by atoms with van der Waals surface area (Å²) in [7, 11) is 0. The van der Waals surface area contributed by atoms with Gasteiger partial charge in [-0.15, -0.1) is 0 Å². The molecule has 0 aliphatic rings. The Bertz CT molecular complexity index is 1080. The van der Waals surface area contributed by atoms with Crippen LogP contribution in [0.4, 0.5) is 0 Å². The number of aromatic amines is 1. The highest BCUT2D eigenvalue weighted by Crippen LogP contribution is 2.08. The van der Waals surface area contributed by atoms with E-state index in [1.807, 2.05) is 24.7 Å². The molecule has 9 heteroatoms. The molecule has 9 nitrogen and oxygen atoms in total. The summed E-state index contributed by atoms with van der Waals surface area (Å²) in [5.74, 6) is -0.311. The van der Waals surface area contributed by atoms with Gasteiger partial charge < -0.3 is 5.32 Å². The third-order valence-corrected chi connectivity index (χ3v) is 4.15. The molecular weight excluding hydrogens is 348 g/mol. The Morgan fingerprint density at radius 2 is 2.07 bits per heavy atom. The summed E-state index contributed by atoms with van der Waals surface area (Å²) in [5.41, 5.74) is 0.625. The number of rotatable bonds is 7. The third-order valence-electron chi connectivity index (χ3n) is 4.15. The number of aryl methyl sites for hydroxylation is 3. The number of pyridine rings is 1. The molecule has 1 amide bonds. The first-order valence-corrected chi connectivity index (χ1v) is 8.89. The fraction of sp³-hybridized carbons (Fsp3) is 0.389. The number of fused-ring (bicyclic) bond motifs is 1. The van der Waals surface area contributed by atoms with Crippen molar-refractivity contribution in [1.82, 2.24) is 29.6 Å². The van der Waals surface area contributed by atoms with E-state index in [0.29, 0.717) is 19.6 Å². The summed E-state index contributed by atoms with van der Waals surface area (Å²) in [4.78, 5) is 42.8. The number of carbonyl (C=O) groups excluding carboxylic acids is 1. The van der Waals surface area contributed by atoms with Crippen molar-refractivity contribution in [2.45, 2.75) is 39.8 Å². The molecule has 0 fully saturated rings. The van der Waals surface area contributed by atoms with Crippen molar-refractivity contribution < 1.29 is 4.79 Å². The molecule has 0 aromatic carbocycles. The first-order chi connectivity index (χ1) is 13.0. The molecule has 3 heterocycles. The Morgan fingerprint density at radius 1 is 1.26 bits per heavy atom. The maximum absolute atomic E-state index is 12.3. The summed E-state index contributed by atoms with van der Waals surface area (Å²) in [5, 5.41) is 7.23. The van der Waals surface area contributed by atoms with Crippen LogP contribution in [0.3, 0.4) is 0 Å². The van der Waals surface area contributed by atoms with Gasteiger partial charge in [0, 0.05) is 32.0 Å². The van der Waals surface area contributed by atoms with Gasteiger partial charge in [-0.1, -0.05) is 6.92 Å². The number of nitrogens with one attached hydrogen (secondary N) is 2. The second-order valence-corrected chi connectivity index (χ2v) is 6.40. The van der Waals surface area contributed by atoms with E-state index in [1.54, 1.807) is 6.20 Å². The van der Waals surface area contributed by atoms with Crippen molar-refractivity contribution in [3.8, 4) is 0 Å². The standard InChI is InChI=1S/C18H22N6O3/c1-3-6-24-15-14(17(26)22-18(24)27)8-13(10-20-15)16(25)19-5-4-7-23-11-12(2)9-21-23/h8-11H,3-7H2,1-2H3,(H,19,25)(H,22,26,27). The van der Waals surface area contributed by atoms with Gasteiger partial charge in [0.2, 0.25) is 0 Å². The molecule has 0 aliphatic carbocycles. The number of hydrogen-bond acceptors (Lipinski definition) is 5. The van der Waals surface area contributed by atoms with Crippen molar-refractivity contribution in [2.24, 2.45) is 0 Å². The molecule has 3 rings (SSSR count). The van der Waals surface area contributed by atoms with Crippen molar-refractivity contribution in [3.63, 3.8) is 0 Å². The molecule has 27 heavy (non-hydrogen) atoms. The molecule has 0 bridgehead atoms. The van der Waals surface area contributed by atoms with Crippen LogP contribution in [0, 0.1) is 6.92 Å². The molecule has 0 saturated heterocycles. The molecule has 0 spiro atoms. The van der Waals surface area contributed by atoms with Gasteiger partial charge in [-0.2, -0.15) is 5.10 Å². The van der Waals surface area contributed by atoms with Crippen molar-refractivity contribution >= 4 is 16.9 Å². The predicted octanol–water partition coefficient (Wildman–Crippen LogP) is 0.820. The van der Waals surface area contributed by atoms with Crippen molar-refractivity contribution in [3.05, 3.63) is 56.6 Å². The summed E-state index contributed by atoms with van der Waals surface area (Å²) in [6.45, 7) is 5.52. The molecule has 3 aromatic heterocycles. The van der Waals surface area contributed by atoms with Gasteiger partial charge in [-0.3, -0.25) is 23.8 Å². The molecule has 0 radical (unpaired) electrons. The Hall–Kier alpha value is -3.23. The van der Waals surface area contributed by atoms with Crippen LogP contribution in [0.25, 0.3) is 11.0 Å². The third kappa shape index (κ3) is 4.13. The lowest BCUT2D eigenvalue weighted by Crippen LogP contribution is -2.31. The molecule has 2 N–H and O–H groups in total. The lowest BCUT2D eigenvalue weighted by molar-refractivity contribution is 0.0952. The van der Waals surface area contributed by atoms with Gasteiger partial charge in [-0.25, -0.2) is 9.78 Å². The van der Waals surface area contributed by atoms with Gasteiger partial charge in [0.25, 0.3) is 11.5 Å². The Kier molecular flexibility index (Phi) is 5.49. The van der Waals surface area contributed by atoms with Gasteiger partial charge in [0.15, 0.2) is 0 Å². The summed E-state index contributed by atoms with van der Waals surface area (Å²) >= 11 is 0. The quantitative estimate of drug-likeness (QED) is 0.598. The molecule has 0 unspecified atom stereocenters. The van der Waals surface area contributed by atoms with E-state index < -0.39 is 11.2 Å². The van der Waals surface area contributed by atoms with Crippen LogP contribution in [-0.2, 0) is 13.1 Å². The van der Waals surface area contributed by atoms with Gasteiger partial charge >= 0.3 is 5.69 Å². The highest BCUT2D eigenvalue weighted by Gasteiger charge is 2.12. The van der Waals surface area contributed by atoms with Crippen molar-refractivity contribution in [2.75, 3.05) is 6.54 Å². The van der Waals surface area contributed by atoms with E-state index >= 15 is 0 Å². The average Bonchev–Trinajstić information content (AvgIpc) is 3.07. The maximum atomic E-state index is 12.3. The van der Waals surface area contributed by atoms with E-state index in [0.717, 1.165) is 18.4 Å². The van der Waals surface area contributed by atoms with Gasteiger partial charge in [0.05, 0.1) is 17.1 Å². The topological polar surface area (TPSA) is 115 Å². The monoisotopic (exact) mass is 370 g/mol. The molecular formula is C18H22N6O3. The highest BCUT2D eigenvalue weighted by atomic mass is 16.2. The van der Waals surface area contributed by atoms with E-state index in [4.69, 9.17) is 0 Å². The molecule has 0 saturated carbocycles. The second kappa shape index (κ2) is 7.98. The maximum Gasteiger partial charge on any atom is 0.329 e. The smallest absolute Gasteiger partial charge is 0.329 e. The SMILES string of the molecule is CCCn1c(=O)[nH]c(=O)c2cc(C(=O)NCCCn3cc(C)cn3)cnc21. The molecule has 0 atom stereocenters. The predicted molar refractivity (Wildman–Crippen MR) is 101 cm³/mol. The number of hydrogen-bond donors (Lipinski definition) is 2. The summed E-state index contributed by atoms with van der Waals surface area (Å²) in [6, 6.07) is 1.47. The lowest BCUT2D eigenvalue weighted by Gasteiger charge is -2.09. The van der Waals surface area contributed by atoms with Crippen LogP contribution in [0.5, 0.6) is 0 Å². The van der Waals surface area contributed by atoms with Crippen LogP contribution >= 0.6 is 0 Å². The van der Waals surface area contributed by atoms with Gasteiger partial charge in [-0.05, 0) is 31.4 Å². The van der Waals surface area contributed by atoms with E-state index in [9.17, 15) is 14.4 Å². The van der Waals surface area contributed by atoms with Gasteiger partial charge in [0.1, 0.15) is 5.65 Å². The molecule has 142 valence electrons. The Morgan fingerprint density at radius 3 is 2.78 bits per heavy atom. The highest BCUT2D eigenvalue weighted by molar-refractivity contribution is 5.96. The second-order valence-electron chi connectivity index (χ2n) is 6.40. The van der Waals surface area contributed by atoms with E-state index in [2.05, 4.69) is 20.4 Å². The fourth-order valence-electron chi connectivity index (χ4n) is 2.86. The van der Waals surface area contributed by atoms with Crippen LogP contribution < -0.4 is 16.6 Å². The fourth-order valence-corrected chi connectivity index (χ4v) is 2.86. The summed E-state index contributed by atoms with van der Waals surface area (Å²) < 4.78 is 3.23. The Labute approximate surface area is 155 Å². The lowest BCUT2D eigenvalue weighted by atomic mass is 10.2. The molecule has 3 aromatic rings. The average molecular weight is 370 g/mol. The van der Waals surface area contributed by atoms with Crippen LogP contribution in [0.2, 0.25) is 0 Å². The summed E-state index contributed by atoms with van der Waals surface area (Å²) in [6.07, 6.45) is 6.57. The van der Waals surface area contributed by atoms with Crippen LogP contribution in [0.1, 0.15) is 35.7 Å². The zero-order chi connectivity index (χ0) is 19.4. The van der Waals surface area contributed by atoms with Crippen LogP contribution in [-0.4, -0.2) is 36.8 Å². The zero-order valence-corrected chi connectivity index (χ0v) is 15.4. The normalized spacial score (nSPS) is 11.0. The minimum atomic E-state index is -0.543. The molecule has 0 aliphatic heterocycles. The van der Waals surface area contributed by atoms with Crippen LogP contribution in [0.15, 0.2) is 34.2 Å². The minimum Gasteiger partial charge on any atom is -0.352 e. The number of H-pyrrole nitrogens is 1. The number of aromatic nitrogens is 5. The minimum absolute atomic E-state index is 0.225. The largest absolute Gasteiger partial charge is 0.352 e. The Balaban J connectivity index is 1.71. The van der Waals surface area contributed by atoms with E-state index in [-0.39, 0.29) is 22.5 Å². The zero-order valence-electron chi connectivity index (χ0n) is 15.4.